The Labute approximate surface area is 101 Å². The zero-order valence-corrected chi connectivity index (χ0v) is 12.5. The van der Waals surface area contributed by atoms with Crippen molar-refractivity contribution in [1.82, 2.24) is 0 Å². The molecule has 98 valence electrons. The van der Waals surface area contributed by atoms with Crippen molar-refractivity contribution in [2.24, 2.45) is 0 Å². The minimum absolute atomic E-state index is 0.510. The minimum Gasteiger partial charge on any atom is -0.372 e. The van der Waals surface area contributed by atoms with Crippen LogP contribution in [-0.2, 0) is 18.0 Å². The molecule has 0 aromatic carbocycles. The van der Waals surface area contributed by atoms with Crippen molar-refractivity contribution in [2.75, 3.05) is 26.4 Å². The van der Waals surface area contributed by atoms with Gasteiger partial charge in [-0.3, -0.25) is 0 Å². The summed E-state index contributed by atoms with van der Waals surface area (Å²) in [4.78, 5) is 0. The fraction of sp³-hybridized carbons (Fsp3) is 1.00. The Kier molecular flexibility index (Phi) is 7.42. The van der Waals surface area contributed by atoms with Gasteiger partial charge in [0.05, 0.1) is 0 Å². The summed E-state index contributed by atoms with van der Waals surface area (Å²) in [6, 6.07) is 0. The van der Waals surface area contributed by atoms with Crippen LogP contribution >= 0.6 is 0 Å². The maximum Gasteiger partial charge on any atom is 0.534 e. The largest absolute Gasteiger partial charge is 0.534 e. The molecule has 0 aromatic heterocycles. The fourth-order valence-corrected chi connectivity index (χ4v) is 4.42. The Morgan fingerprint density at radius 3 is 1.38 bits per heavy atom. The maximum atomic E-state index is 5.80. The minimum atomic E-state index is -2.77. The molecule has 0 saturated heterocycles. The van der Waals surface area contributed by atoms with Crippen LogP contribution in [0, 0.1) is 0 Å². The number of hydrogen-bond acceptors (Lipinski definition) is 4. The van der Waals surface area contributed by atoms with E-state index >= 15 is 0 Å². The summed E-state index contributed by atoms with van der Waals surface area (Å²) in [6.45, 7) is 14.1. The molecule has 0 aliphatic rings. The average Bonchev–Trinajstić information content (AvgIpc) is 2.18. The van der Waals surface area contributed by atoms with Crippen molar-refractivity contribution in [3.63, 3.8) is 0 Å². The Bertz CT molecular complexity index is 168. The predicted molar refractivity (Wildman–Crippen MR) is 66.3 cm³/mol. The third kappa shape index (κ3) is 3.82. The van der Waals surface area contributed by atoms with Gasteiger partial charge >= 0.3 is 8.80 Å². The van der Waals surface area contributed by atoms with E-state index in [1.165, 1.54) is 0 Å². The summed E-state index contributed by atoms with van der Waals surface area (Å²) < 4.78 is 23.1. The molecule has 16 heavy (non-hydrogen) atoms. The van der Waals surface area contributed by atoms with E-state index in [9.17, 15) is 0 Å². The molecule has 0 spiro atoms. The normalized spacial score (nSPS) is 13.1. The van der Waals surface area contributed by atoms with Gasteiger partial charge in [-0.2, -0.15) is 0 Å². The molecule has 0 fully saturated rings. The summed E-state index contributed by atoms with van der Waals surface area (Å²) >= 11 is 0. The van der Waals surface area contributed by atoms with E-state index in [1.807, 2.05) is 41.5 Å². The average molecular weight is 250 g/mol. The molecule has 0 saturated carbocycles. The van der Waals surface area contributed by atoms with Gasteiger partial charge in [0.15, 0.2) is 0 Å². The van der Waals surface area contributed by atoms with Crippen LogP contribution in [0.4, 0.5) is 0 Å². The highest BCUT2D eigenvalue weighted by molar-refractivity contribution is 6.63. The highest BCUT2D eigenvalue weighted by Gasteiger charge is 2.56. The first-order chi connectivity index (χ1) is 7.49. The lowest BCUT2D eigenvalue weighted by Gasteiger charge is -2.40. The molecule has 4 nitrogen and oxygen atoms in total. The highest BCUT2D eigenvalue weighted by atomic mass is 28.4. The van der Waals surface area contributed by atoms with Gasteiger partial charge in [0.1, 0.15) is 5.22 Å². The second-order valence-electron chi connectivity index (χ2n) is 3.80. The van der Waals surface area contributed by atoms with Gasteiger partial charge in [-0.05, 0) is 41.5 Å². The molecule has 0 aliphatic carbocycles. The SMILES string of the molecule is CCOC(C)(C)[Si](OCC)(OCC)OCC. The highest BCUT2D eigenvalue weighted by Crippen LogP contribution is 2.28. The van der Waals surface area contributed by atoms with Gasteiger partial charge in [-0.1, -0.05) is 0 Å². The van der Waals surface area contributed by atoms with Crippen LogP contribution in [0.3, 0.4) is 0 Å². The van der Waals surface area contributed by atoms with Crippen LogP contribution in [0.15, 0.2) is 0 Å². The van der Waals surface area contributed by atoms with Gasteiger partial charge < -0.3 is 18.0 Å². The zero-order valence-electron chi connectivity index (χ0n) is 11.5. The standard InChI is InChI=1S/C11H26O4Si/c1-7-12-11(5,6)16(13-8-2,14-9-3)15-10-4/h7-10H2,1-6H3. The van der Waals surface area contributed by atoms with Gasteiger partial charge in [0.25, 0.3) is 0 Å². The van der Waals surface area contributed by atoms with Gasteiger partial charge in [0.2, 0.25) is 0 Å². The van der Waals surface area contributed by atoms with Crippen molar-refractivity contribution >= 4 is 8.80 Å². The second kappa shape index (κ2) is 7.40. The molecule has 0 atom stereocenters. The van der Waals surface area contributed by atoms with Crippen LogP contribution in [0.25, 0.3) is 0 Å². The molecular weight excluding hydrogens is 224 g/mol. The summed E-state index contributed by atoms with van der Waals surface area (Å²) in [5.41, 5.74) is 0. The first-order valence-corrected chi connectivity index (χ1v) is 7.77. The van der Waals surface area contributed by atoms with Gasteiger partial charge in [-0.15, -0.1) is 0 Å². The summed E-state index contributed by atoms with van der Waals surface area (Å²) in [5, 5.41) is -0.510. The molecular formula is C11H26O4Si. The van der Waals surface area contributed by atoms with Crippen LogP contribution in [0.5, 0.6) is 0 Å². The molecule has 5 heteroatoms. The zero-order chi connectivity index (χ0) is 12.7. The third-order valence-electron chi connectivity index (χ3n) is 2.25. The molecule has 0 amide bonds. The molecule has 0 heterocycles. The lowest BCUT2D eigenvalue weighted by atomic mass is 10.4. The van der Waals surface area contributed by atoms with E-state index in [0.717, 1.165) is 0 Å². The molecule has 0 N–H and O–H groups in total. The van der Waals surface area contributed by atoms with Crippen LogP contribution in [0.2, 0.25) is 0 Å². The topological polar surface area (TPSA) is 36.9 Å². The predicted octanol–water partition coefficient (Wildman–Crippen LogP) is 2.39. The van der Waals surface area contributed by atoms with Crippen LogP contribution < -0.4 is 0 Å². The molecule has 0 aliphatic heterocycles. The lowest BCUT2D eigenvalue weighted by Crippen LogP contribution is -2.63. The Hall–Kier alpha value is 0.0569. The van der Waals surface area contributed by atoms with E-state index in [1.54, 1.807) is 0 Å². The summed E-state index contributed by atoms with van der Waals surface area (Å²) in [5.74, 6) is 0. The molecule has 0 rings (SSSR count). The van der Waals surface area contributed by atoms with Crippen LogP contribution in [0.1, 0.15) is 41.5 Å². The first-order valence-electron chi connectivity index (χ1n) is 6.05. The summed E-state index contributed by atoms with van der Waals surface area (Å²) in [6.07, 6.45) is 0. The van der Waals surface area contributed by atoms with E-state index in [0.29, 0.717) is 26.4 Å². The van der Waals surface area contributed by atoms with E-state index < -0.39 is 14.0 Å². The monoisotopic (exact) mass is 250 g/mol. The van der Waals surface area contributed by atoms with E-state index in [4.69, 9.17) is 18.0 Å². The first kappa shape index (κ1) is 16.1. The number of ether oxygens (including phenoxy) is 1. The van der Waals surface area contributed by atoms with E-state index in [2.05, 4.69) is 0 Å². The molecule has 0 unspecified atom stereocenters. The molecule has 0 radical (unpaired) electrons. The van der Waals surface area contributed by atoms with Crippen molar-refractivity contribution in [1.29, 1.82) is 0 Å². The fourth-order valence-electron chi connectivity index (χ4n) is 1.67. The lowest BCUT2D eigenvalue weighted by molar-refractivity contribution is -0.0492. The summed E-state index contributed by atoms with van der Waals surface area (Å²) in [7, 11) is -2.77. The number of hydrogen-bond donors (Lipinski definition) is 0. The number of rotatable bonds is 9. The molecule has 0 aromatic rings. The third-order valence-corrected chi connectivity index (χ3v) is 5.87. The molecule has 0 bridgehead atoms. The smallest absolute Gasteiger partial charge is 0.372 e. The maximum absolute atomic E-state index is 5.80. The Balaban J connectivity index is 4.96. The van der Waals surface area contributed by atoms with Crippen molar-refractivity contribution in [3.8, 4) is 0 Å². The Morgan fingerprint density at radius 1 is 0.750 bits per heavy atom. The van der Waals surface area contributed by atoms with Crippen molar-refractivity contribution in [2.45, 2.75) is 46.8 Å². The second-order valence-corrected chi connectivity index (χ2v) is 6.98. The van der Waals surface area contributed by atoms with E-state index in [-0.39, 0.29) is 0 Å². The van der Waals surface area contributed by atoms with Gasteiger partial charge in [0, 0.05) is 26.4 Å². The van der Waals surface area contributed by atoms with Crippen molar-refractivity contribution < 1.29 is 18.0 Å². The van der Waals surface area contributed by atoms with Crippen LogP contribution in [-0.4, -0.2) is 40.5 Å². The Morgan fingerprint density at radius 2 is 1.12 bits per heavy atom. The van der Waals surface area contributed by atoms with Crippen molar-refractivity contribution in [3.05, 3.63) is 0 Å². The quantitative estimate of drug-likeness (QED) is 0.589. The van der Waals surface area contributed by atoms with Gasteiger partial charge in [-0.25, -0.2) is 0 Å².